The zero-order valence-corrected chi connectivity index (χ0v) is 10.6. The lowest BCUT2D eigenvalue weighted by molar-refractivity contribution is -0.276. The predicted octanol–water partition coefficient (Wildman–Crippen LogP) is 3.44. The van der Waals surface area contributed by atoms with Crippen molar-refractivity contribution >= 4 is 17.6 Å². The maximum absolute atomic E-state index is 12.7. The van der Waals surface area contributed by atoms with E-state index in [4.69, 9.17) is 11.6 Å². The third kappa shape index (κ3) is 3.92. The highest BCUT2D eigenvalue weighted by molar-refractivity contribution is 6.17. The number of carbonyl (C=O) groups is 1. The molecular weight excluding hydrogens is 313 g/mol. The largest absolute Gasteiger partial charge is 0.574 e. The van der Waals surface area contributed by atoms with Crippen molar-refractivity contribution in [3.63, 3.8) is 0 Å². The Hall–Kier alpha value is -1.64. The van der Waals surface area contributed by atoms with Crippen LogP contribution in [0.4, 0.5) is 22.0 Å². The molecular formula is C10H7ClF5NO3. The van der Waals surface area contributed by atoms with E-state index in [-0.39, 0.29) is 0 Å². The lowest BCUT2D eigenvalue weighted by Crippen LogP contribution is -2.21. The van der Waals surface area contributed by atoms with Crippen LogP contribution in [-0.2, 0) is 10.6 Å². The monoisotopic (exact) mass is 319 g/mol. The Bertz CT molecular complexity index is 506. The molecule has 0 bridgehead atoms. The smallest absolute Gasteiger partial charge is 0.465 e. The van der Waals surface area contributed by atoms with Gasteiger partial charge in [0.25, 0.3) is 6.43 Å². The quantitative estimate of drug-likeness (QED) is 0.484. The summed E-state index contributed by atoms with van der Waals surface area (Å²) in [6, 6.07) is 0.516. The number of aromatic nitrogens is 1. The first-order valence-electron chi connectivity index (χ1n) is 4.91. The van der Waals surface area contributed by atoms with Crippen LogP contribution in [0.2, 0.25) is 0 Å². The van der Waals surface area contributed by atoms with Crippen molar-refractivity contribution in [2.24, 2.45) is 0 Å². The first-order valence-corrected chi connectivity index (χ1v) is 5.45. The van der Waals surface area contributed by atoms with E-state index in [1.165, 1.54) is 0 Å². The summed E-state index contributed by atoms with van der Waals surface area (Å²) in [5, 5.41) is 0. The fourth-order valence-electron chi connectivity index (χ4n) is 1.29. The molecule has 1 rings (SSSR count). The average Bonchev–Trinajstić information content (AvgIpc) is 2.35. The SMILES string of the molecule is COC(=O)c1cc(C(F)F)c(CCl)nc1OC(F)(F)F. The average molecular weight is 320 g/mol. The van der Waals surface area contributed by atoms with Crippen molar-refractivity contribution in [3.8, 4) is 5.88 Å². The van der Waals surface area contributed by atoms with Crippen LogP contribution < -0.4 is 4.74 Å². The van der Waals surface area contributed by atoms with Gasteiger partial charge in [0.05, 0.1) is 18.7 Å². The van der Waals surface area contributed by atoms with Crippen LogP contribution >= 0.6 is 11.6 Å². The molecule has 0 aliphatic heterocycles. The lowest BCUT2D eigenvalue weighted by atomic mass is 10.1. The summed E-state index contributed by atoms with van der Waals surface area (Å²) < 4.78 is 69.7. The Morgan fingerprint density at radius 3 is 2.45 bits per heavy atom. The molecule has 0 atom stereocenters. The summed E-state index contributed by atoms with van der Waals surface area (Å²) in [5.74, 6) is -3.06. The van der Waals surface area contributed by atoms with Gasteiger partial charge in [-0.1, -0.05) is 0 Å². The van der Waals surface area contributed by atoms with Crippen LogP contribution in [0.5, 0.6) is 5.88 Å². The van der Waals surface area contributed by atoms with Crippen molar-refractivity contribution in [2.75, 3.05) is 7.11 Å². The number of esters is 1. The molecule has 0 saturated carbocycles. The molecule has 112 valence electrons. The van der Waals surface area contributed by atoms with Crippen LogP contribution in [0.3, 0.4) is 0 Å². The summed E-state index contributed by atoms with van der Waals surface area (Å²) in [4.78, 5) is 14.5. The fourth-order valence-corrected chi connectivity index (χ4v) is 1.50. The highest BCUT2D eigenvalue weighted by Crippen LogP contribution is 2.31. The third-order valence-electron chi connectivity index (χ3n) is 2.08. The zero-order valence-electron chi connectivity index (χ0n) is 9.80. The minimum absolute atomic E-state index is 0.516. The Balaban J connectivity index is 3.43. The van der Waals surface area contributed by atoms with Crippen LogP contribution in [0.15, 0.2) is 6.07 Å². The minimum atomic E-state index is -5.15. The number of halogens is 6. The summed E-state index contributed by atoms with van der Waals surface area (Å²) in [6.45, 7) is 0. The number of hydrogen-bond donors (Lipinski definition) is 0. The number of methoxy groups -OCH3 is 1. The highest BCUT2D eigenvalue weighted by atomic mass is 35.5. The molecule has 20 heavy (non-hydrogen) atoms. The Morgan fingerprint density at radius 2 is 2.05 bits per heavy atom. The van der Waals surface area contributed by atoms with Crippen LogP contribution in [0.25, 0.3) is 0 Å². The van der Waals surface area contributed by atoms with Crippen molar-refractivity contribution in [1.29, 1.82) is 0 Å². The van der Waals surface area contributed by atoms with Gasteiger partial charge in [-0.3, -0.25) is 0 Å². The van der Waals surface area contributed by atoms with Gasteiger partial charge in [-0.2, -0.15) is 0 Å². The van der Waals surface area contributed by atoms with Gasteiger partial charge >= 0.3 is 12.3 Å². The third-order valence-corrected chi connectivity index (χ3v) is 2.33. The topological polar surface area (TPSA) is 48.4 Å². The highest BCUT2D eigenvalue weighted by Gasteiger charge is 2.35. The molecule has 0 radical (unpaired) electrons. The Kier molecular flexibility index (Phi) is 5.09. The summed E-state index contributed by atoms with van der Waals surface area (Å²) >= 11 is 5.34. The van der Waals surface area contributed by atoms with Crippen molar-refractivity contribution in [3.05, 3.63) is 22.9 Å². The standard InChI is InChI=1S/C10H7ClF5NO3/c1-19-9(18)5-2-4(7(12)13)6(3-11)17-8(5)20-10(14,15)16/h2,7H,3H2,1H3. The molecule has 10 heteroatoms. The van der Waals surface area contributed by atoms with Gasteiger partial charge in [0, 0.05) is 5.56 Å². The van der Waals surface area contributed by atoms with E-state index < -0.39 is 47.3 Å². The normalized spacial score (nSPS) is 11.6. The number of nitrogens with zero attached hydrogens (tertiary/aromatic N) is 1. The first-order chi connectivity index (χ1) is 9.19. The number of pyridine rings is 1. The van der Waals surface area contributed by atoms with Gasteiger partial charge < -0.3 is 9.47 Å². The van der Waals surface area contributed by atoms with E-state index in [0.29, 0.717) is 6.07 Å². The zero-order chi connectivity index (χ0) is 15.5. The molecule has 4 nitrogen and oxygen atoms in total. The molecule has 0 aliphatic carbocycles. The van der Waals surface area contributed by atoms with Crippen molar-refractivity contribution < 1.29 is 36.2 Å². The van der Waals surface area contributed by atoms with Gasteiger partial charge in [0.15, 0.2) is 0 Å². The van der Waals surface area contributed by atoms with Gasteiger partial charge in [-0.15, -0.1) is 24.8 Å². The number of rotatable bonds is 4. The van der Waals surface area contributed by atoms with E-state index in [9.17, 15) is 26.7 Å². The van der Waals surface area contributed by atoms with E-state index in [0.717, 1.165) is 7.11 Å². The molecule has 0 spiro atoms. The van der Waals surface area contributed by atoms with E-state index in [1.54, 1.807) is 0 Å². The maximum atomic E-state index is 12.7. The van der Waals surface area contributed by atoms with Crippen LogP contribution in [0, 0.1) is 0 Å². The molecule has 0 aromatic carbocycles. The second-order valence-corrected chi connectivity index (χ2v) is 3.62. The first kappa shape index (κ1) is 16.4. The molecule has 0 N–H and O–H groups in total. The van der Waals surface area contributed by atoms with E-state index in [2.05, 4.69) is 14.5 Å². The van der Waals surface area contributed by atoms with Crippen LogP contribution in [-0.4, -0.2) is 24.4 Å². The van der Waals surface area contributed by atoms with Gasteiger partial charge in [0.1, 0.15) is 5.56 Å². The van der Waals surface area contributed by atoms with Crippen molar-refractivity contribution in [1.82, 2.24) is 4.98 Å². The molecule has 0 amide bonds. The summed E-state index contributed by atoms with van der Waals surface area (Å²) in [6.07, 6.45) is -8.22. The second kappa shape index (κ2) is 6.21. The molecule has 0 saturated heterocycles. The second-order valence-electron chi connectivity index (χ2n) is 3.35. The van der Waals surface area contributed by atoms with E-state index >= 15 is 0 Å². The molecule has 1 aromatic heterocycles. The Morgan fingerprint density at radius 1 is 1.45 bits per heavy atom. The molecule has 0 fully saturated rings. The predicted molar refractivity (Wildman–Crippen MR) is 56.8 cm³/mol. The summed E-state index contributed by atoms with van der Waals surface area (Å²) in [5.41, 5.74) is -2.16. The fraction of sp³-hybridized carbons (Fsp3) is 0.400. The molecule has 1 aromatic rings. The van der Waals surface area contributed by atoms with Crippen molar-refractivity contribution in [2.45, 2.75) is 18.7 Å². The number of ether oxygens (including phenoxy) is 2. The van der Waals surface area contributed by atoms with Gasteiger partial charge in [-0.05, 0) is 6.07 Å². The minimum Gasteiger partial charge on any atom is -0.465 e. The van der Waals surface area contributed by atoms with E-state index in [1.807, 2.05) is 0 Å². The molecule has 1 heterocycles. The molecule has 0 unspecified atom stereocenters. The summed E-state index contributed by atoms with van der Waals surface area (Å²) in [7, 11) is 0.872. The lowest BCUT2D eigenvalue weighted by Gasteiger charge is -2.14. The van der Waals surface area contributed by atoms with Gasteiger partial charge in [-0.25, -0.2) is 18.6 Å². The maximum Gasteiger partial charge on any atom is 0.574 e. The van der Waals surface area contributed by atoms with Gasteiger partial charge in [0.2, 0.25) is 5.88 Å². The Labute approximate surface area is 114 Å². The number of carbonyl (C=O) groups excluding carboxylic acids is 1. The number of alkyl halides is 6. The molecule has 0 aliphatic rings. The number of hydrogen-bond acceptors (Lipinski definition) is 4. The van der Waals surface area contributed by atoms with Crippen LogP contribution in [0.1, 0.15) is 28.0 Å².